The Balaban J connectivity index is 3.78. The first-order valence-corrected chi connectivity index (χ1v) is 6.75. The Hall–Kier alpha value is 0.0700. The summed E-state index contributed by atoms with van der Waals surface area (Å²) in [5.74, 6) is 1.96. The van der Waals surface area contributed by atoms with Gasteiger partial charge in [-0.25, -0.2) is 0 Å². The summed E-state index contributed by atoms with van der Waals surface area (Å²) in [6.45, 7) is 4.40. The first kappa shape index (κ1) is 14.1. The molecule has 4 heteroatoms. The van der Waals surface area contributed by atoms with Crippen LogP contribution in [0.4, 0.5) is 0 Å². The molecule has 0 saturated carbocycles. The molecule has 0 rings (SSSR count). The summed E-state index contributed by atoms with van der Waals surface area (Å²) < 4.78 is 11.6. The van der Waals surface area contributed by atoms with E-state index in [1.807, 2.05) is 7.05 Å². The van der Waals surface area contributed by atoms with Gasteiger partial charge in [0.1, 0.15) is 0 Å². The van der Waals surface area contributed by atoms with Gasteiger partial charge < -0.3 is 10.4 Å². The third-order valence-corrected chi connectivity index (χ3v) is 4.16. The molecule has 0 amide bonds. The molecule has 0 aliphatic rings. The zero-order valence-corrected chi connectivity index (χ0v) is 10.3. The van der Waals surface area contributed by atoms with Crippen molar-refractivity contribution in [2.75, 3.05) is 25.2 Å². The van der Waals surface area contributed by atoms with Crippen LogP contribution in [0.3, 0.4) is 0 Å². The van der Waals surface area contributed by atoms with Crippen molar-refractivity contribution in [1.29, 1.82) is 0 Å². The fraction of sp³-hybridized carbons (Fsp3) is 1.00. The highest BCUT2D eigenvalue weighted by atomic mass is 32.2. The molecule has 0 aromatic carbocycles. The Kier molecular flexibility index (Phi) is 8.43. The molecule has 0 aromatic heterocycles. The molecule has 0 radical (unpaired) electrons. The van der Waals surface area contributed by atoms with E-state index < -0.39 is 10.8 Å². The highest BCUT2D eigenvalue weighted by Gasteiger charge is 2.12. The van der Waals surface area contributed by atoms with E-state index in [4.69, 9.17) is 5.11 Å². The summed E-state index contributed by atoms with van der Waals surface area (Å²) in [5.41, 5.74) is 0. The van der Waals surface area contributed by atoms with E-state index in [-0.39, 0.29) is 12.6 Å². The Morgan fingerprint density at radius 3 is 2.50 bits per heavy atom. The van der Waals surface area contributed by atoms with Gasteiger partial charge in [-0.1, -0.05) is 20.3 Å². The van der Waals surface area contributed by atoms with Crippen LogP contribution in [0.25, 0.3) is 0 Å². The molecule has 3 nitrogen and oxygen atoms in total. The van der Waals surface area contributed by atoms with Crippen LogP contribution in [0, 0.1) is 5.92 Å². The molecule has 0 heterocycles. The van der Waals surface area contributed by atoms with Gasteiger partial charge in [-0.3, -0.25) is 4.21 Å². The SMILES string of the molecule is CCC(C)CS(=O)CC(CCO)NC. The largest absolute Gasteiger partial charge is 0.396 e. The van der Waals surface area contributed by atoms with Gasteiger partial charge >= 0.3 is 0 Å². The molecular weight excluding hydrogens is 198 g/mol. The second kappa shape index (κ2) is 8.38. The molecule has 3 unspecified atom stereocenters. The predicted molar refractivity (Wildman–Crippen MR) is 61.9 cm³/mol. The van der Waals surface area contributed by atoms with Crippen LogP contribution in [0.2, 0.25) is 0 Å². The molecular formula is C10H23NO2S. The lowest BCUT2D eigenvalue weighted by atomic mass is 10.2. The predicted octanol–water partition coefficient (Wildman–Crippen LogP) is 0.752. The van der Waals surface area contributed by atoms with Crippen LogP contribution in [-0.2, 0) is 10.8 Å². The molecule has 0 saturated heterocycles. The minimum absolute atomic E-state index is 0.159. The van der Waals surface area contributed by atoms with E-state index in [0.717, 1.165) is 12.2 Å². The monoisotopic (exact) mass is 221 g/mol. The van der Waals surface area contributed by atoms with Gasteiger partial charge in [0.15, 0.2) is 0 Å². The molecule has 0 spiro atoms. The molecule has 0 aliphatic heterocycles. The average Bonchev–Trinajstić information content (AvgIpc) is 2.16. The normalized spacial score (nSPS) is 17.7. The molecule has 0 aromatic rings. The van der Waals surface area contributed by atoms with Gasteiger partial charge in [-0.2, -0.15) is 0 Å². The topological polar surface area (TPSA) is 49.3 Å². The maximum Gasteiger partial charge on any atom is 0.0446 e. The molecule has 0 bridgehead atoms. The molecule has 0 aliphatic carbocycles. The summed E-state index contributed by atoms with van der Waals surface area (Å²) >= 11 is 0. The smallest absolute Gasteiger partial charge is 0.0446 e. The second-order valence-electron chi connectivity index (χ2n) is 3.78. The van der Waals surface area contributed by atoms with E-state index in [1.165, 1.54) is 0 Å². The summed E-state index contributed by atoms with van der Waals surface area (Å²) in [4.78, 5) is 0. The third kappa shape index (κ3) is 6.51. The van der Waals surface area contributed by atoms with Crippen molar-refractivity contribution in [3.05, 3.63) is 0 Å². The molecule has 0 fully saturated rings. The Bertz CT molecular complexity index is 164. The van der Waals surface area contributed by atoms with Crippen molar-refractivity contribution in [1.82, 2.24) is 5.32 Å². The lowest BCUT2D eigenvalue weighted by Gasteiger charge is -2.15. The molecule has 14 heavy (non-hydrogen) atoms. The first-order chi connectivity index (χ1) is 6.63. The zero-order valence-electron chi connectivity index (χ0n) is 9.45. The van der Waals surface area contributed by atoms with Gasteiger partial charge in [0, 0.05) is 35.0 Å². The van der Waals surface area contributed by atoms with Crippen LogP contribution in [0.15, 0.2) is 0 Å². The number of hydrogen-bond acceptors (Lipinski definition) is 3. The summed E-state index contributed by atoms with van der Waals surface area (Å²) in [6.07, 6.45) is 1.76. The number of rotatable bonds is 8. The Morgan fingerprint density at radius 2 is 2.07 bits per heavy atom. The van der Waals surface area contributed by atoms with Gasteiger partial charge in [0.25, 0.3) is 0 Å². The van der Waals surface area contributed by atoms with Crippen LogP contribution in [-0.4, -0.2) is 40.5 Å². The summed E-state index contributed by atoms with van der Waals surface area (Å²) in [5, 5.41) is 11.8. The molecule has 3 atom stereocenters. The minimum atomic E-state index is -0.755. The number of nitrogens with one attached hydrogen (secondary N) is 1. The van der Waals surface area contributed by atoms with Crippen molar-refractivity contribution >= 4 is 10.8 Å². The highest BCUT2D eigenvalue weighted by molar-refractivity contribution is 7.85. The lowest BCUT2D eigenvalue weighted by molar-refractivity contribution is 0.272. The van der Waals surface area contributed by atoms with E-state index in [9.17, 15) is 4.21 Å². The Morgan fingerprint density at radius 1 is 1.43 bits per heavy atom. The third-order valence-electron chi connectivity index (χ3n) is 2.44. The van der Waals surface area contributed by atoms with Gasteiger partial charge in [0.2, 0.25) is 0 Å². The number of hydrogen-bond donors (Lipinski definition) is 2. The van der Waals surface area contributed by atoms with Gasteiger partial charge in [0.05, 0.1) is 0 Å². The summed E-state index contributed by atoms with van der Waals surface area (Å²) in [7, 11) is 1.09. The van der Waals surface area contributed by atoms with Crippen LogP contribution in [0.1, 0.15) is 26.7 Å². The van der Waals surface area contributed by atoms with Crippen LogP contribution >= 0.6 is 0 Å². The number of aliphatic hydroxyl groups excluding tert-OH is 1. The average molecular weight is 221 g/mol. The van der Waals surface area contributed by atoms with Crippen LogP contribution < -0.4 is 5.32 Å². The highest BCUT2D eigenvalue weighted by Crippen LogP contribution is 2.04. The standard InChI is InChI=1S/C10H23NO2S/c1-4-9(2)7-14(13)8-10(11-3)5-6-12/h9-12H,4-8H2,1-3H3. The fourth-order valence-corrected chi connectivity index (χ4v) is 2.98. The summed E-state index contributed by atoms with van der Waals surface area (Å²) in [6, 6.07) is 0.185. The quantitative estimate of drug-likeness (QED) is 0.636. The van der Waals surface area contributed by atoms with E-state index >= 15 is 0 Å². The van der Waals surface area contributed by atoms with Crippen molar-refractivity contribution < 1.29 is 9.32 Å². The van der Waals surface area contributed by atoms with Crippen molar-refractivity contribution in [3.63, 3.8) is 0 Å². The van der Waals surface area contributed by atoms with E-state index in [0.29, 0.717) is 18.1 Å². The van der Waals surface area contributed by atoms with Gasteiger partial charge in [-0.15, -0.1) is 0 Å². The first-order valence-electron chi connectivity index (χ1n) is 5.27. The maximum absolute atomic E-state index is 11.6. The van der Waals surface area contributed by atoms with Gasteiger partial charge in [-0.05, 0) is 19.4 Å². The fourth-order valence-electron chi connectivity index (χ4n) is 1.19. The molecule has 2 N–H and O–H groups in total. The number of aliphatic hydroxyl groups is 1. The minimum Gasteiger partial charge on any atom is -0.396 e. The Labute approximate surface area is 89.7 Å². The van der Waals surface area contributed by atoms with E-state index in [2.05, 4.69) is 19.2 Å². The van der Waals surface area contributed by atoms with Crippen molar-refractivity contribution in [2.45, 2.75) is 32.7 Å². The van der Waals surface area contributed by atoms with Crippen molar-refractivity contribution in [2.24, 2.45) is 5.92 Å². The van der Waals surface area contributed by atoms with Crippen molar-refractivity contribution in [3.8, 4) is 0 Å². The van der Waals surface area contributed by atoms with Crippen LogP contribution in [0.5, 0.6) is 0 Å². The lowest BCUT2D eigenvalue weighted by Crippen LogP contribution is -2.33. The van der Waals surface area contributed by atoms with E-state index in [1.54, 1.807) is 0 Å². The second-order valence-corrected chi connectivity index (χ2v) is 5.33. The maximum atomic E-state index is 11.6. The zero-order chi connectivity index (χ0) is 11.0. The molecule has 86 valence electrons.